The van der Waals surface area contributed by atoms with E-state index in [1.54, 1.807) is 19.3 Å². The van der Waals surface area contributed by atoms with Crippen LogP contribution in [-0.2, 0) is 4.79 Å². The van der Waals surface area contributed by atoms with E-state index in [0.717, 1.165) is 18.7 Å². The molecule has 1 aliphatic heterocycles. The van der Waals surface area contributed by atoms with Gasteiger partial charge in [0.25, 0.3) is 5.91 Å². The fourth-order valence-corrected chi connectivity index (χ4v) is 2.83. The van der Waals surface area contributed by atoms with Crippen LogP contribution in [0.1, 0.15) is 36.7 Å². The predicted octanol–water partition coefficient (Wildman–Crippen LogP) is 1.52. The molecule has 0 aliphatic carbocycles. The Hall–Kier alpha value is -2.11. The molecule has 2 heterocycles. The van der Waals surface area contributed by atoms with Crippen LogP contribution < -0.4 is 10.2 Å². The van der Waals surface area contributed by atoms with Gasteiger partial charge in [-0.25, -0.2) is 0 Å². The summed E-state index contributed by atoms with van der Waals surface area (Å²) in [6, 6.07) is 3.53. The van der Waals surface area contributed by atoms with Crippen molar-refractivity contribution in [3.05, 3.63) is 24.0 Å². The van der Waals surface area contributed by atoms with Crippen molar-refractivity contribution in [3.63, 3.8) is 0 Å². The molecule has 21 heavy (non-hydrogen) atoms. The van der Waals surface area contributed by atoms with Crippen LogP contribution in [0.3, 0.4) is 0 Å². The Morgan fingerprint density at radius 1 is 1.52 bits per heavy atom. The number of hydrogen-bond donors (Lipinski definition) is 2. The normalized spacial score (nSPS) is 21.9. The van der Waals surface area contributed by atoms with E-state index in [0.29, 0.717) is 25.1 Å². The van der Waals surface area contributed by atoms with Gasteiger partial charge in [0.1, 0.15) is 5.69 Å². The summed E-state index contributed by atoms with van der Waals surface area (Å²) >= 11 is 0. The zero-order valence-corrected chi connectivity index (χ0v) is 12.4. The SMILES string of the molecule is CCC1(C(=O)O)CCCN(c2ccnc(C(=O)NC)c2)C1. The van der Waals surface area contributed by atoms with E-state index in [9.17, 15) is 14.7 Å². The summed E-state index contributed by atoms with van der Waals surface area (Å²) in [5.41, 5.74) is 0.495. The first-order valence-electron chi connectivity index (χ1n) is 7.19. The Kier molecular flexibility index (Phi) is 4.45. The van der Waals surface area contributed by atoms with Gasteiger partial charge in [-0.2, -0.15) is 0 Å². The van der Waals surface area contributed by atoms with E-state index in [1.807, 2.05) is 17.9 Å². The third kappa shape index (κ3) is 2.99. The number of rotatable bonds is 4. The van der Waals surface area contributed by atoms with Crippen molar-refractivity contribution in [2.45, 2.75) is 26.2 Å². The Morgan fingerprint density at radius 2 is 2.29 bits per heavy atom. The Labute approximate surface area is 124 Å². The fourth-order valence-electron chi connectivity index (χ4n) is 2.83. The molecule has 0 saturated carbocycles. The van der Waals surface area contributed by atoms with Crippen molar-refractivity contribution in [1.82, 2.24) is 10.3 Å². The molecule has 2 rings (SSSR count). The van der Waals surface area contributed by atoms with Crippen LogP contribution in [0.5, 0.6) is 0 Å². The first-order chi connectivity index (χ1) is 10.0. The Bertz CT molecular complexity index is 547. The summed E-state index contributed by atoms with van der Waals surface area (Å²) in [5.74, 6) is -0.982. The van der Waals surface area contributed by atoms with Crippen molar-refractivity contribution >= 4 is 17.6 Å². The summed E-state index contributed by atoms with van der Waals surface area (Å²) in [7, 11) is 1.56. The molecule has 6 nitrogen and oxygen atoms in total. The van der Waals surface area contributed by atoms with Gasteiger partial charge in [-0.3, -0.25) is 14.6 Å². The summed E-state index contributed by atoms with van der Waals surface area (Å²) in [6.07, 6.45) is 3.72. The molecular formula is C15H21N3O3. The minimum Gasteiger partial charge on any atom is -0.481 e. The second-order valence-corrected chi connectivity index (χ2v) is 5.44. The Balaban J connectivity index is 2.26. The molecule has 2 N–H and O–H groups in total. The lowest BCUT2D eigenvalue weighted by molar-refractivity contribution is -0.149. The molecule has 114 valence electrons. The fraction of sp³-hybridized carbons (Fsp3) is 0.533. The molecule has 6 heteroatoms. The number of aliphatic carboxylic acids is 1. The number of anilines is 1. The van der Waals surface area contributed by atoms with Crippen molar-refractivity contribution in [2.24, 2.45) is 5.41 Å². The average Bonchev–Trinajstić information content (AvgIpc) is 2.54. The number of carbonyl (C=O) groups is 2. The highest BCUT2D eigenvalue weighted by atomic mass is 16.4. The number of amides is 1. The zero-order chi connectivity index (χ0) is 15.5. The van der Waals surface area contributed by atoms with Crippen molar-refractivity contribution in [2.75, 3.05) is 25.0 Å². The standard InChI is InChI=1S/C15H21N3O3/c1-3-15(14(20)21)6-4-8-18(10-15)11-5-7-17-12(9-11)13(19)16-2/h5,7,9H,3-4,6,8,10H2,1-2H3,(H,16,19)(H,20,21). The third-order valence-electron chi connectivity index (χ3n) is 4.28. The van der Waals surface area contributed by atoms with Gasteiger partial charge in [0, 0.05) is 32.0 Å². The van der Waals surface area contributed by atoms with E-state index in [1.165, 1.54) is 0 Å². The number of pyridine rings is 1. The van der Waals surface area contributed by atoms with Gasteiger partial charge in [0.05, 0.1) is 5.41 Å². The van der Waals surface area contributed by atoms with Crippen LogP contribution in [0.15, 0.2) is 18.3 Å². The number of carboxylic acids is 1. The van der Waals surface area contributed by atoms with Gasteiger partial charge in [-0.1, -0.05) is 6.92 Å². The van der Waals surface area contributed by atoms with E-state index >= 15 is 0 Å². The molecule has 1 aliphatic rings. The minimum atomic E-state index is -0.740. The maximum atomic E-state index is 11.7. The molecule has 1 unspecified atom stereocenters. The van der Waals surface area contributed by atoms with Crippen molar-refractivity contribution in [1.29, 1.82) is 0 Å². The van der Waals surface area contributed by atoms with Gasteiger partial charge in [0.15, 0.2) is 0 Å². The molecule has 1 aromatic rings. The number of hydrogen-bond acceptors (Lipinski definition) is 4. The summed E-state index contributed by atoms with van der Waals surface area (Å²) in [4.78, 5) is 29.3. The number of aromatic nitrogens is 1. The van der Waals surface area contributed by atoms with Crippen molar-refractivity contribution < 1.29 is 14.7 Å². The lowest BCUT2D eigenvalue weighted by atomic mass is 9.77. The molecule has 0 radical (unpaired) electrons. The van der Waals surface area contributed by atoms with E-state index in [2.05, 4.69) is 10.3 Å². The highest BCUT2D eigenvalue weighted by Crippen LogP contribution is 2.35. The van der Waals surface area contributed by atoms with Crippen LogP contribution in [0, 0.1) is 5.41 Å². The second kappa shape index (κ2) is 6.11. The number of carbonyl (C=O) groups excluding carboxylic acids is 1. The maximum absolute atomic E-state index is 11.7. The van der Waals surface area contributed by atoms with E-state index < -0.39 is 11.4 Å². The van der Waals surface area contributed by atoms with Gasteiger partial charge in [-0.15, -0.1) is 0 Å². The lowest BCUT2D eigenvalue weighted by Crippen LogP contribution is -2.47. The first kappa shape index (κ1) is 15.3. The summed E-state index contributed by atoms with van der Waals surface area (Å²) in [5, 5.41) is 12.1. The quantitative estimate of drug-likeness (QED) is 0.879. The van der Waals surface area contributed by atoms with Crippen LogP contribution in [0.4, 0.5) is 5.69 Å². The third-order valence-corrected chi connectivity index (χ3v) is 4.28. The number of piperidine rings is 1. The first-order valence-corrected chi connectivity index (χ1v) is 7.19. The predicted molar refractivity (Wildman–Crippen MR) is 79.4 cm³/mol. The van der Waals surface area contributed by atoms with Crippen LogP contribution in [0.2, 0.25) is 0 Å². The Morgan fingerprint density at radius 3 is 2.90 bits per heavy atom. The van der Waals surface area contributed by atoms with Gasteiger partial charge in [-0.05, 0) is 31.4 Å². The molecule has 1 saturated heterocycles. The number of nitrogens with one attached hydrogen (secondary N) is 1. The van der Waals surface area contributed by atoms with Gasteiger partial charge >= 0.3 is 5.97 Å². The molecule has 1 amide bonds. The lowest BCUT2D eigenvalue weighted by Gasteiger charge is -2.40. The second-order valence-electron chi connectivity index (χ2n) is 5.44. The molecule has 1 fully saturated rings. The molecule has 1 atom stereocenters. The van der Waals surface area contributed by atoms with E-state index in [4.69, 9.17) is 0 Å². The number of nitrogens with zero attached hydrogens (tertiary/aromatic N) is 2. The largest absolute Gasteiger partial charge is 0.481 e. The van der Waals surface area contributed by atoms with Gasteiger partial charge in [0.2, 0.25) is 0 Å². The monoisotopic (exact) mass is 291 g/mol. The van der Waals surface area contributed by atoms with Crippen LogP contribution in [0.25, 0.3) is 0 Å². The molecular weight excluding hydrogens is 270 g/mol. The highest BCUT2D eigenvalue weighted by Gasteiger charge is 2.40. The zero-order valence-electron chi connectivity index (χ0n) is 12.4. The van der Waals surface area contributed by atoms with Crippen molar-refractivity contribution in [3.8, 4) is 0 Å². The molecule has 0 bridgehead atoms. The molecule has 0 aromatic carbocycles. The highest BCUT2D eigenvalue weighted by molar-refractivity contribution is 5.92. The van der Waals surface area contributed by atoms with Crippen LogP contribution in [-0.4, -0.2) is 42.1 Å². The number of carboxylic acid groups (broad SMARTS) is 1. The summed E-state index contributed by atoms with van der Waals surface area (Å²) in [6.45, 7) is 3.18. The van der Waals surface area contributed by atoms with Crippen LogP contribution >= 0.6 is 0 Å². The average molecular weight is 291 g/mol. The summed E-state index contributed by atoms with van der Waals surface area (Å²) < 4.78 is 0. The smallest absolute Gasteiger partial charge is 0.311 e. The molecule has 0 spiro atoms. The minimum absolute atomic E-state index is 0.242. The maximum Gasteiger partial charge on any atom is 0.311 e. The van der Waals surface area contributed by atoms with Gasteiger partial charge < -0.3 is 15.3 Å². The molecule has 1 aromatic heterocycles. The van der Waals surface area contributed by atoms with E-state index in [-0.39, 0.29) is 5.91 Å². The topological polar surface area (TPSA) is 82.5 Å².